The van der Waals surface area contributed by atoms with E-state index in [0.29, 0.717) is 6.42 Å². The lowest BCUT2D eigenvalue weighted by atomic mass is 9.72. The van der Waals surface area contributed by atoms with Gasteiger partial charge in [-0.2, -0.15) is 0 Å². The molecule has 2 aliphatic heterocycles. The second-order valence-electron chi connectivity index (χ2n) is 8.12. The number of likely N-dealkylation sites (tertiary alicyclic amines) is 1. The maximum Gasteiger partial charge on any atom is 0.228 e. The van der Waals surface area contributed by atoms with E-state index in [1.807, 2.05) is 52.9 Å². The van der Waals surface area contributed by atoms with Gasteiger partial charge in [0.2, 0.25) is 5.91 Å². The molecule has 0 atom stereocenters. The van der Waals surface area contributed by atoms with Crippen LogP contribution in [0.25, 0.3) is 5.65 Å². The first kappa shape index (κ1) is 17.1. The van der Waals surface area contributed by atoms with Crippen LogP contribution in [0.2, 0.25) is 0 Å². The Bertz CT molecular complexity index is 1030. The summed E-state index contributed by atoms with van der Waals surface area (Å²) in [5, 5.41) is 0. The number of anilines is 1. The van der Waals surface area contributed by atoms with Crippen LogP contribution in [0.1, 0.15) is 11.3 Å². The molecule has 5 rings (SSSR count). The molecule has 0 radical (unpaired) electrons. The van der Waals surface area contributed by atoms with E-state index in [9.17, 15) is 4.79 Å². The van der Waals surface area contributed by atoms with Gasteiger partial charge in [0.25, 0.3) is 0 Å². The topological polar surface area (TPSA) is 50.1 Å². The van der Waals surface area contributed by atoms with Crippen molar-refractivity contribution in [1.29, 1.82) is 0 Å². The number of benzene rings is 1. The molecule has 0 saturated carbocycles. The van der Waals surface area contributed by atoms with Gasteiger partial charge in [-0.05, 0) is 42.8 Å². The molecule has 4 heterocycles. The molecule has 28 heavy (non-hydrogen) atoms. The lowest BCUT2D eigenvalue weighted by Crippen LogP contribution is -2.73. The zero-order valence-corrected chi connectivity index (χ0v) is 16.3. The Kier molecular flexibility index (Phi) is 3.82. The van der Waals surface area contributed by atoms with E-state index >= 15 is 0 Å². The van der Waals surface area contributed by atoms with Crippen LogP contribution >= 0.6 is 0 Å². The van der Waals surface area contributed by atoms with E-state index in [1.165, 1.54) is 5.69 Å². The number of hydrogen-bond donors (Lipinski definition) is 0. The van der Waals surface area contributed by atoms with Gasteiger partial charge in [-0.3, -0.25) is 4.79 Å². The molecule has 6 heteroatoms. The summed E-state index contributed by atoms with van der Waals surface area (Å²) in [6.07, 6.45) is 4.21. The highest BCUT2D eigenvalue weighted by Gasteiger charge is 2.53. The van der Waals surface area contributed by atoms with Crippen molar-refractivity contribution in [2.75, 3.05) is 38.2 Å². The molecule has 0 bridgehead atoms. The normalized spacial score (nSPS) is 17.5. The smallest absolute Gasteiger partial charge is 0.228 e. The van der Waals surface area contributed by atoms with Gasteiger partial charge in [-0.15, -0.1) is 0 Å². The molecule has 0 aliphatic carbocycles. The third-order valence-electron chi connectivity index (χ3n) is 6.04. The minimum absolute atomic E-state index is 0.192. The van der Waals surface area contributed by atoms with Crippen LogP contribution in [0.15, 0.2) is 48.8 Å². The molecule has 144 valence electrons. The molecule has 1 amide bonds. The number of imidazole rings is 1. The molecule has 3 aromatic rings. The van der Waals surface area contributed by atoms with Gasteiger partial charge in [0.15, 0.2) is 0 Å². The number of aromatic nitrogens is 2. The first-order valence-corrected chi connectivity index (χ1v) is 9.65. The molecule has 6 nitrogen and oxygen atoms in total. The average molecular weight is 376 g/mol. The lowest BCUT2D eigenvalue weighted by Gasteiger charge is -2.61. The second kappa shape index (κ2) is 6.26. The quantitative estimate of drug-likeness (QED) is 0.702. The Labute approximate surface area is 164 Å². The van der Waals surface area contributed by atoms with Crippen LogP contribution < -0.4 is 9.64 Å². The van der Waals surface area contributed by atoms with Crippen molar-refractivity contribution in [3.63, 3.8) is 0 Å². The van der Waals surface area contributed by atoms with Gasteiger partial charge in [0.1, 0.15) is 11.4 Å². The zero-order chi connectivity index (χ0) is 19.3. The Hall–Kier alpha value is -3.02. The summed E-state index contributed by atoms with van der Waals surface area (Å²) in [4.78, 5) is 21.5. The number of hydrogen-bond acceptors (Lipinski definition) is 4. The fourth-order valence-corrected chi connectivity index (χ4v) is 4.48. The number of ether oxygens (including phenoxy) is 1. The summed E-state index contributed by atoms with van der Waals surface area (Å²) >= 11 is 0. The monoisotopic (exact) mass is 376 g/mol. The number of carbonyl (C=O) groups excluding carboxylic acids is 1. The van der Waals surface area contributed by atoms with E-state index < -0.39 is 0 Å². The maximum absolute atomic E-state index is 12.7. The molecule has 2 aliphatic rings. The minimum atomic E-state index is 0.192. The van der Waals surface area contributed by atoms with Gasteiger partial charge in [-0.25, -0.2) is 4.98 Å². The molecule has 0 N–H and O–H groups in total. The number of carbonyl (C=O) groups is 1. The van der Waals surface area contributed by atoms with Crippen LogP contribution in [0.5, 0.6) is 5.75 Å². The van der Waals surface area contributed by atoms with Crippen molar-refractivity contribution in [2.45, 2.75) is 13.3 Å². The molecular weight excluding hydrogens is 352 g/mol. The molecule has 1 spiro atoms. The summed E-state index contributed by atoms with van der Waals surface area (Å²) in [6, 6.07) is 12.2. The van der Waals surface area contributed by atoms with Gasteiger partial charge in [0.05, 0.1) is 19.2 Å². The largest absolute Gasteiger partial charge is 0.497 e. The lowest BCUT2D eigenvalue weighted by molar-refractivity contribution is -0.144. The van der Waals surface area contributed by atoms with E-state index in [2.05, 4.69) is 22.0 Å². The van der Waals surface area contributed by atoms with E-state index in [1.54, 1.807) is 7.11 Å². The van der Waals surface area contributed by atoms with Gasteiger partial charge in [-0.1, -0.05) is 6.07 Å². The van der Waals surface area contributed by atoms with Crippen LogP contribution in [-0.4, -0.2) is 53.5 Å². The number of amides is 1. The van der Waals surface area contributed by atoms with Crippen molar-refractivity contribution < 1.29 is 9.53 Å². The molecule has 1 aromatic carbocycles. The summed E-state index contributed by atoms with van der Waals surface area (Å²) < 4.78 is 7.25. The van der Waals surface area contributed by atoms with Crippen LogP contribution in [0.4, 0.5) is 5.69 Å². The number of rotatable bonds is 4. The number of methoxy groups -OCH3 is 1. The fourth-order valence-electron chi connectivity index (χ4n) is 4.48. The van der Waals surface area contributed by atoms with Gasteiger partial charge in [0, 0.05) is 49.7 Å². The first-order chi connectivity index (χ1) is 13.6. The first-order valence-electron chi connectivity index (χ1n) is 9.65. The van der Waals surface area contributed by atoms with Crippen LogP contribution in [-0.2, 0) is 11.2 Å². The molecule has 2 fully saturated rings. The number of nitrogens with zero attached hydrogens (tertiary/aromatic N) is 4. The third-order valence-corrected chi connectivity index (χ3v) is 6.04. The number of fused-ring (bicyclic) bond motifs is 1. The predicted octanol–water partition coefficient (Wildman–Crippen LogP) is 2.54. The number of pyridine rings is 1. The Balaban J connectivity index is 1.18. The molecule has 2 saturated heterocycles. The average Bonchev–Trinajstić information content (AvgIpc) is 3.04. The Morgan fingerprint density at radius 2 is 1.89 bits per heavy atom. The third kappa shape index (κ3) is 2.71. The van der Waals surface area contributed by atoms with Crippen molar-refractivity contribution in [3.05, 3.63) is 60.0 Å². The van der Waals surface area contributed by atoms with E-state index in [0.717, 1.165) is 48.8 Å². The second-order valence-corrected chi connectivity index (χ2v) is 8.12. The summed E-state index contributed by atoms with van der Waals surface area (Å²) in [7, 11) is 1.68. The van der Waals surface area contributed by atoms with Crippen molar-refractivity contribution in [3.8, 4) is 5.75 Å². The van der Waals surface area contributed by atoms with Gasteiger partial charge >= 0.3 is 0 Å². The van der Waals surface area contributed by atoms with E-state index in [4.69, 9.17) is 4.74 Å². The number of aryl methyl sites for hydroxylation is 1. The molecule has 0 unspecified atom stereocenters. The highest BCUT2D eigenvalue weighted by Crippen LogP contribution is 2.42. The highest BCUT2D eigenvalue weighted by atomic mass is 16.5. The SMILES string of the molecule is COc1ccc(N2CC3(CN(C(=O)Cc4cnc5c(C)cccn45)C3)C2)cc1. The maximum atomic E-state index is 12.7. The van der Waals surface area contributed by atoms with Crippen LogP contribution in [0.3, 0.4) is 0 Å². The zero-order valence-electron chi connectivity index (χ0n) is 16.3. The molecule has 2 aromatic heterocycles. The fraction of sp³-hybridized carbons (Fsp3) is 0.364. The van der Waals surface area contributed by atoms with E-state index in [-0.39, 0.29) is 11.3 Å². The van der Waals surface area contributed by atoms with Crippen molar-refractivity contribution >= 4 is 17.2 Å². The van der Waals surface area contributed by atoms with Crippen molar-refractivity contribution in [1.82, 2.24) is 14.3 Å². The van der Waals surface area contributed by atoms with Crippen molar-refractivity contribution in [2.24, 2.45) is 5.41 Å². The summed E-state index contributed by atoms with van der Waals surface area (Å²) in [5.74, 6) is 1.07. The summed E-state index contributed by atoms with van der Waals surface area (Å²) in [6.45, 7) is 5.77. The predicted molar refractivity (Wildman–Crippen MR) is 108 cm³/mol. The van der Waals surface area contributed by atoms with Crippen LogP contribution in [0, 0.1) is 12.3 Å². The highest BCUT2D eigenvalue weighted by molar-refractivity contribution is 5.80. The Morgan fingerprint density at radius 3 is 2.61 bits per heavy atom. The molecular formula is C22H24N4O2. The Morgan fingerprint density at radius 1 is 1.14 bits per heavy atom. The summed E-state index contributed by atoms with van der Waals surface area (Å²) in [5.41, 5.74) is 4.50. The minimum Gasteiger partial charge on any atom is -0.497 e. The van der Waals surface area contributed by atoms with Gasteiger partial charge < -0.3 is 18.9 Å². The standard InChI is InChI=1S/C22H24N4O2/c1-16-4-3-9-26-18(11-23-21(16)26)10-20(27)25-14-22(15-25)12-24(13-22)17-5-7-19(28-2)8-6-17/h3-9,11H,10,12-15H2,1-2H3.